The predicted octanol–water partition coefficient (Wildman–Crippen LogP) is 6.41. The van der Waals surface area contributed by atoms with Crippen LogP contribution in [0.15, 0.2) is 139 Å². The minimum Gasteiger partial charge on any atom is -0.662 e. The Kier molecular flexibility index (Phi) is 9.59. The van der Waals surface area contributed by atoms with Gasteiger partial charge in [-0.25, -0.2) is 11.3 Å². The van der Waals surface area contributed by atoms with Crippen LogP contribution in [0, 0.1) is 6.07 Å². The van der Waals surface area contributed by atoms with Gasteiger partial charge >= 0.3 is 21.1 Å². The van der Waals surface area contributed by atoms with Crippen LogP contribution in [0.4, 0.5) is 0 Å². The number of hydrogen-bond acceptors (Lipinski definition) is 2. The Morgan fingerprint density at radius 1 is 0.611 bits per heavy atom. The molecule has 6 aromatic rings. The largest absolute Gasteiger partial charge is 2.00 e. The van der Waals surface area contributed by atoms with Crippen LogP contribution in [0.25, 0.3) is 22.0 Å². The standard InChI is InChI=1S/C18H15P.C13H8N2S.Pt/c1-4-10-16(11-5-1)19(17-12-6-2-7-13-17)18-14-8-3-9-15-18;1-4-11(10-6-2-8-14-10)15-12(5-1)13-7-3-9-16-13;/h1-15H;1-6,8-9H;/q;-2;+2/p+1. The molecule has 5 heteroatoms. The zero-order chi connectivity index (χ0) is 23.7. The Morgan fingerprint density at radius 3 is 1.64 bits per heavy atom. The second-order valence-electron chi connectivity index (χ2n) is 7.80. The molecule has 3 heterocycles. The van der Waals surface area contributed by atoms with E-state index in [1.165, 1.54) is 15.9 Å². The van der Waals surface area contributed by atoms with Gasteiger partial charge in [-0.15, -0.1) is 11.1 Å². The van der Waals surface area contributed by atoms with Gasteiger partial charge in [-0.2, -0.15) is 18.3 Å². The van der Waals surface area contributed by atoms with Gasteiger partial charge in [-0.05, 0) is 48.2 Å². The van der Waals surface area contributed by atoms with Crippen molar-refractivity contribution < 1.29 is 21.1 Å². The molecule has 36 heavy (non-hydrogen) atoms. The minimum absolute atomic E-state index is 0. The van der Waals surface area contributed by atoms with E-state index in [2.05, 4.69) is 107 Å². The predicted molar refractivity (Wildman–Crippen MR) is 152 cm³/mol. The van der Waals surface area contributed by atoms with Crippen molar-refractivity contribution in [3.8, 4) is 22.0 Å². The normalized spacial score (nSPS) is 10.2. The van der Waals surface area contributed by atoms with E-state index in [0.717, 1.165) is 22.0 Å². The minimum atomic E-state index is -0.877. The maximum Gasteiger partial charge on any atom is 2.00 e. The van der Waals surface area contributed by atoms with E-state index in [4.69, 9.17) is 0 Å². The Labute approximate surface area is 232 Å². The van der Waals surface area contributed by atoms with Crippen molar-refractivity contribution in [3.05, 3.63) is 145 Å². The second-order valence-corrected chi connectivity index (χ2v) is 11.2. The Hall–Kier alpha value is -3.09. The summed E-state index contributed by atoms with van der Waals surface area (Å²) in [5, 5.41) is 6.31. The number of hydrogen-bond donors (Lipinski definition) is 0. The van der Waals surface area contributed by atoms with Crippen LogP contribution in [0.3, 0.4) is 0 Å². The second kappa shape index (κ2) is 13.3. The molecule has 0 aliphatic carbocycles. The molecule has 3 aromatic heterocycles. The maximum atomic E-state index is 4.57. The van der Waals surface area contributed by atoms with Crippen LogP contribution < -0.4 is 20.9 Å². The number of rotatable bonds is 5. The van der Waals surface area contributed by atoms with Gasteiger partial charge in [0.25, 0.3) is 0 Å². The van der Waals surface area contributed by atoms with E-state index in [-0.39, 0.29) is 21.1 Å². The first kappa shape index (κ1) is 26.0. The molecule has 0 radical (unpaired) electrons. The fourth-order valence-electron chi connectivity index (χ4n) is 3.85. The maximum absolute atomic E-state index is 4.57. The zero-order valence-corrected chi connectivity index (χ0v) is 23.5. The summed E-state index contributed by atoms with van der Waals surface area (Å²) in [6, 6.07) is 47.4. The zero-order valence-electron chi connectivity index (χ0n) is 19.4. The van der Waals surface area contributed by atoms with Crippen molar-refractivity contribution >= 4 is 35.2 Å². The summed E-state index contributed by atoms with van der Waals surface area (Å²) >= 11 is 1.64. The molecule has 6 rings (SSSR count). The van der Waals surface area contributed by atoms with Gasteiger partial charge in [0.15, 0.2) is 0 Å². The first-order chi connectivity index (χ1) is 17.4. The third-order valence-corrected chi connectivity index (χ3v) is 9.02. The van der Waals surface area contributed by atoms with Crippen LogP contribution >= 0.6 is 19.3 Å². The summed E-state index contributed by atoms with van der Waals surface area (Å²) in [7, 11) is -0.877. The molecule has 178 valence electrons. The van der Waals surface area contributed by atoms with Gasteiger partial charge in [0.1, 0.15) is 15.9 Å². The quantitative estimate of drug-likeness (QED) is 0.155. The Bertz CT molecular complexity index is 1280. The van der Waals surface area contributed by atoms with Gasteiger partial charge in [-0.1, -0.05) is 83.7 Å². The summed E-state index contributed by atoms with van der Waals surface area (Å²) < 4.78 is 0. The molecule has 0 atom stereocenters. The van der Waals surface area contributed by atoms with E-state index in [0.29, 0.717) is 0 Å². The Balaban J connectivity index is 0.000000167. The summed E-state index contributed by atoms with van der Waals surface area (Å²) in [4.78, 5) is 9.88. The number of thiophene rings is 1. The van der Waals surface area contributed by atoms with Gasteiger partial charge < -0.3 is 9.97 Å². The molecule has 0 N–H and O–H groups in total. The molecule has 0 saturated heterocycles. The molecule has 0 spiro atoms. The molecule has 0 bridgehead atoms. The molecule has 0 amide bonds. The molecule has 0 saturated carbocycles. The van der Waals surface area contributed by atoms with Crippen LogP contribution in [-0.2, 0) is 21.1 Å². The fraction of sp³-hybridized carbons (Fsp3) is 0. The third kappa shape index (κ3) is 6.56. The topological polar surface area (TPSA) is 27.0 Å². The Morgan fingerprint density at radius 2 is 1.17 bits per heavy atom. The number of benzene rings is 3. The van der Waals surface area contributed by atoms with Crippen LogP contribution in [0.1, 0.15) is 0 Å². The monoisotopic (exact) mass is 682 g/mol. The fourth-order valence-corrected chi connectivity index (χ4v) is 7.07. The molecule has 0 unspecified atom stereocenters. The van der Waals surface area contributed by atoms with E-state index in [1.807, 2.05) is 41.8 Å². The first-order valence-corrected chi connectivity index (χ1v) is 13.8. The van der Waals surface area contributed by atoms with Crippen LogP contribution in [0.2, 0.25) is 0 Å². The van der Waals surface area contributed by atoms with Gasteiger partial charge in [0, 0.05) is 5.69 Å². The summed E-state index contributed by atoms with van der Waals surface area (Å²) in [5.74, 6) is 0. The molecule has 3 aromatic carbocycles. The van der Waals surface area contributed by atoms with E-state index >= 15 is 0 Å². The first-order valence-electron chi connectivity index (χ1n) is 11.4. The van der Waals surface area contributed by atoms with Crippen molar-refractivity contribution in [2.24, 2.45) is 0 Å². The molecular weight excluding hydrogens is 658 g/mol. The third-order valence-electron chi connectivity index (χ3n) is 5.45. The molecule has 0 fully saturated rings. The summed E-state index contributed by atoms with van der Waals surface area (Å²) in [6.45, 7) is 0. The van der Waals surface area contributed by atoms with Gasteiger partial charge in [0.2, 0.25) is 0 Å². The number of nitrogens with zero attached hydrogens (tertiary/aromatic N) is 2. The summed E-state index contributed by atoms with van der Waals surface area (Å²) in [6.07, 6.45) is 1.78. The van der Waals surface area contributed by atoms with E-state index < -0.39 is 7.92 Å². The van der Waals surface area contributed by atoms with Crippen molar-refractivity contribution in [1.29, 1.82) is 0 Å². The van der Waals surface area contributed by atoms with Crippen LogP contribution in [0.5, 0.6) is 0 Å². The molecule has 2 nitrogen and oxygen atoms in total. The summed E-state index contributed by atoms with van der Waals surface area (Å²) in [5.41, 5.74) is 2.78. The average molecular weight is 683 g/mol. The molecular formula is C31H24N2PPtS+. The average Bonchev–Trinajstić information content (AvgIpc) is 3.67. The molecule has 0 aliphatic rings. The van der Waals surface area contributed by atoms with Crippen molar-refractivity contribution in [2.75, 3.05) is 0 Å². The SMILES string of the molecule is [Pt+2].[c-]1ccsc1-c1cccc(-c2ccc[n-]2)n1.c1ccc([PH+](c2ccccc2)c2ccccc2)cc1. The van der Waals surface area contributed by atoms with Crippen LogP contribution in [-0.4, -0.2) is 4.98 Å². The van der Waals surface area contributed by atoms with Crippen molar-refractivity contribution in [1.82, 2.24) is 9.97 Å². The van der Waals surface area contributed by atoms with Gasteiger partial charge in [0.05, 0.1) is 7.92 Å². The molecule has 0 aliphatic heterocycles. The number of aromatic nitrogens is 2. The van der Waals surface area contributed by atoms with Crippen molar-refractivity contribution in [3.63, 3.8) is 0 Å². The van der Waals surface area contributed by atoms with E-state index in [1.54, 1.807) is 17.5 Å². The number of pyridine rings is 1. The van der Waals surface area contributed by atoms with Gasteiger partial charge in [-0.3, -0.25) is 0 Å². The van der Waals surface area contributed by atoms with E-state index in [9.17, 15) is 0 Å². The van der Waals surface area contributed by atoms with Crippen molar-refractivity contribution in [2.45, 2.75) is 0 Å². The smallest absolute Gasteiger partial charge is 0.662 e.